The summed E-state index contributed by atoms with van der Waals surface area (Å²) >= 11 is 0. The molecule has 0 saturated heterocycles. The molecule has 0 aliphatic carbocycles. The van der Waals surface area contributed by atoms with E-state index in [0.717, 1.165) is 17.4 Å². The highest BCUT2D eigenvalue weighted by Gasteiger charge is 2.18. The molecule has 0 aliphatic heterocycles. The van der Waals surface area contributed by atoms with Crippen LogP contribution in [0.2, 0.25) is 0 Å². The van der Waals surface area contributed by atoms with E-state index in [1.807, 2.05) is 18.2 Å². The Morgan fingerprint density at radius 3 is 2.44 bits per heavy atom. The summed E-state index contributed by atoms with van der Waals surface area (Å²) < 4.78 is 5.61. The molecule has 0 spiro atoms. The summed E-state index contributed by atoms with van der Waals surface area (Å²) in [6.45, 7) is 7.00. The van der Waals surface area contributed by atoms with Crippen LogP contribution in [-0.2, 0) is 9.53 Å². The van der Waals surface area contributed by atoms with Crippen LogP contribution in [0.1, 0.15) is 38.8 Å². The third-order valence-corrected chi connectivity index (χ3v) is 4.16. The minimum atomic E-state index is -0.474. The third kappa shape index (κ3) is 6.31. The Balaban J connectivity index is 0.00000312. The predicted molar refractivity (Wildman–Crippen MR) is 106 cm³/mol. The van der Waals surface area contributed by atoms with E-state index in [0.29, 0.717) is 19.1 Å². The number of carbonyl (C=O) groups is 1. The summed E-state index contributed by atoms with van der Waals surface area (Å²) in [4.78, 5) is 12.3. The second-order valence-electron chi connectivity index (χ2n) is 6.60. The topological polar surface area (TPSA) is 64.3 Å². The Labute approximate surface area is 156 Å². The fourth-order valence-electron chi connectivity index (χ4n) is 2.55. The van der Waals surface area contributed by atoms with Crippen molar-refractivity contribution in [1.82, 2.24) is 5.32 Å². The van der Waals surface area contributed by atoms with Gasteiger partial charge >= 0.3 is 0 Å². The van der Waals surface area contributed by atoms with Gasteiger partial charge in [0.1, 0.15) is 6.10 Å². The van der Waals surface area contributed by atoms with Crippen molar-refractivity contribution >= 4 is 29.1 Å². The SMILES string of the molecule is CC(C)CCOC(C)C(=O)NC(CN)c1ccc2ccccc2c1.Cl. The monoisotopic (exact) mass is 364 g/mol. The van der Waals surface area contributed by atoms with Crippen molar-refractivity contribution in [1.29, 1.82) is 0 Å². The van der Waals surface area contributed by atoms with Gasteiger partial charge in [0.25, 0.3) is 0 Å². The van der Waals surface area contributed by atoms with Gasteiger partial charge in [-0.3, -0.25) is 4.79 Å². The molecule has 2 aromatic carbocycles. The Morgan fingerprint density at radius 1 is 1.12 bits per heavy atom. The highest BCUT2D eigenvalue weighted by atomic mass is 35.5. The molecule has 2 unspecified atom stereocenters. The van der Waals surface area contributed by atoms with Crippen LogP contribution >= 0.6 is 12.4 Å². The number of nitrogens with two attached hydrogens (primary N) is 1. The zero-order valence-corrected chi connectivity index (χ0v) is 16.0. The van der Waals surface area contributed by atoms with Gasteiger partial charge in [0, 0.05) is 13.2 Å². The highest BCUT2D eigenvalue weighted by molar-refractivity contribution is 5.85. The van der Waals surface area contributed by atoms with E-state index in [-0.39, 0.29) is 24.4 Å². The van der Waals surface area contributed by atoms with Gasteiger partial charge in [-0.1, -0.05) is 50.2 Å². The minimum Gasteiger partial charge on any atom is -0.369 e. The number of nitrogens with one attached hydrogen (secondary N) is 1. The van der Waals surface area contributed by atoms with Crippen molar-refractivity contribution in [3.63, 3.8) is 0 Å². The van der Waals surface area contributed by atoms with Crippen molar-refractivity contribution in [2.75, 3.05) is 13.2 Å². The number of carbonyl (C=O) groups excluding carboxylic acids is 1. The largest absolute Gasteiger partial charge is 0.369 e. The van der Waals surface area contributed by atoms with E-state index in [1.54, 1.807) is 6.92 Å². The average Bonchev–Trinajstić information content (AvgIpc) is 2.58. The Bertz CT molecular complexity index is 676. The van der Waals surface area contributed by atoms with Gasteiger partial charge in [0.05, 0.1) is 6.04 Å². The first-order valence-corrected chi connectivity index (χ1v) is 8.62. The van der Waals surface area contributed by atoms with E-state index in [2.05, 4.69) is 43.4 Å². The van der Waals surface area contributed by atoms with Crippen LogP contribution in [0, 0.1) is 5.92 Å². The zero-order valence-electron chi connectivity index (χ0n) is 15.2. The Morgan fingerprint density at radius 2 is 1.80 bits per heavy atom. The van der Waals surface area contributed by atoms with Crippen LogP contribution in [0.5, 0.6) is 0 Å². The number of hydrogen-bond donors (Lipinski definition) is 2. The number of benzene rings is 2. The summed E-state index contributed by atoms with van der Waals surface area (Å²) in [5.41, 5.74) is 6.89. The lowest BCUT2D eigenvalue weighted by atomic mass is 10.0. The molecule has 25 heavy (non-hydrogen) atoms. The maximum Gasteiger partial charge on any atom is 0.249 e. The fraction of sp³-hybridized carbons (Fsp3) is 0.450. The average molecular weight is 365 g/mol. The van der Waals surface area contributed by atoms with E-state index in [9.17, 15) is 4.79 Å². The normalized spacial score (nSPS) is 13.3. The number of hydrogen-bond acceptors (Lipinski definition) is 3. The molecule has 0 radical (unpaired) electrons. The van der Waals surface area contributed by atoms with Crippen LogP contribution < -0.4 is 11.1 Å². The van der Waals surface area contributed by atoms with Crippen molar-refractivity contribution in [2.45, 2.75) is 39.3 Å². The smallest absolute Gasteiger partial charge is 0.249 e. The summed E-state index contributed by atoms with van der Waals surface area (Å²) in [5.74, 6) is 0.442. The molecule has 1 amide bonds. The standard InChI is InChI=1S/C20H28N2O2.ClH/c1-14(2)10-11-24-15(3)20(23)22-19(13-21)18-9-8-16-6-4-5-7-17(16)12-18;/h4-9,12,14-15,19H,10-11,13,21H2,1-3H3,(H,22,23);1H. The summed E-state index contributed by atoms with van der Waals surface area (Å²) in [6.07, 6.45) is 0.473. The predicted octanol–water partition coefficient (Wildman–Crippen LogP) is 3.83. The molecule has 2 atom stereocenters. The van der Waals surface area contributed by atoms with Crippen LogP contribution in [-0.4, -0.2) is 25.2 Å². The molecule has 4 nitrogen and oxygen atoms in total. The quantitative estimate of drug-likeness (QED) is 0.748. The van der Waals surface area contributed by atoms with Crippen molar-refractivity contribution < 1.29 is 9.53 Å². The molecule has 0 heterocycles. The van der Waals surface area contributed by atoms with Gasteiger partial charge in [-0.25, -0.2) is 0 Å². The van der Waals surface area contributed by atoms with E-state index in [1.165, 1.54) is 5.39 Å². The number of halogens is 1. The van der Waals surface area contributed by atoms with Crippen LogP contribution in [0.15, 0.2) is 42.5 Å². The summed E-state index contributed by atoms with van der Waals surface area (Å²) in [5, 5.41) is 5.31. The van der Waals surface area contributed by atoms with Gasteiger partial charge in [-0.15, -0.1) is 12.4 Å². The van der Waals surface area contributed by atoms with Crippen molar-refractivity contribution in [3.8, 4) is 0 Å². The molecule has 138 valence electrons. The van der Waals surface area contributed by atoms with Crippen LogP contribution in [0.4, 0.5) is 0 Å². The molecule has 3 N–H and O–H groups in total. The summed E-state index contributed by atoms with van der Waals surface area (Å²) in [7, 11) is 0. The molecular weight excluding hydrogens is 336 g/mol. The first-order chi connectivity index (χ1) is 11.5. The second-order valence-corrected chi connectivity index (χ2v) is 6.60. The van der Waals surface area contributed by atoms with Crippen LogP contribution in [0.25, 0.3) is 10.8 Å². The molecule has 0 aromatic heterocycles. The second kappa shape index (κ2) is 10.4. The molecule has 0 aliphatic rings. The van der Waals surface area contributed by atoms with Gasteiger partial charge in [0.15, 0.2) is 0 Å². The lowest BCUT2D eigenvalue weighted by Gasteiger charge is -2.21. The maximum atomic E-state index is 12.3. The molecule has 2 rings (SSSR count). The fourth-order valence-corrected chi connectivity index (χ4v) is 2.55. The number of fused-ring (bicyclic) bond motifs is 1. The molecular formula is C20H29ClN2O2. The van der Waals surface area contributed by atoms with Crippen LogP contribution in [0.3, 0.4) is 0 Å². The van der Waals surface area contributed by atoms with Gasteiger partial charge in [-0.2, -0.15) is 0 Å². The Hall–Kier alpha value is -1.62. The summed E-state index contributed by atoms with van der Waals surface area (Å²) in [6, 6.07) is 14.1. The van der Waals surface area contributed by atoms with Gasteiger partial charge in [-0.05, 0) is 41.7 Å². The number of ether oxygens (including phenoxy) is 1. The Kier molecular flexibility index (Phi) is 8.90. The third-order valence-electron chi connectivity index (χ3n) is 4.16. The molecule has 5 heteroatoms. The molecule has 0 bridgehead atoms. The lowest BCUT2D eigenvalue weighted by molar-refractivity contribution is -0.132. The molecule has 0 saturated carbocycles. The first-order valence-electron chi connectivity index (χ1n) is 8.62. The van der Waals surface area contributed by atoms with Crippen molar-refractivity contribution in [3.05, 3.63) is 48.0 Å². The van der Waals surface area contributed by atoms with Gasteiger partial charge < -0.3 is 15.8 Å². The number of rotatable bonds is 8. The van der Waals surface area contributed by atoms with E-state index >= 15 is 0 Å². The molecule has 2 aromatic rings. The van der Waals surface area contributed by atoms with Gasteiger partial charge in [0.2, 0.25) is 5.91 Å². The van der Waals surface area contributed by atoms with E-state index < -0.39 is 6.10 Å². The highest BCUT2D eigenvalue weighted by Crippen LogP contribution is 2.20. The van der Waals surface area contributed by atoms with Crippen molar-refractivity contribution in [2.24, 2.45) is 11.7 Å². The maximum absolute atomic E-state index is 12.3. The zero-order chi connectivity index (χ0) is 17.5. The number of amides is 1. The molecule has 0 fully saturated rings. The minimum absolute atomic E-state index is 0. The lowest BCUT2D eigenvalue weighted by Crippen LogP contribution is -2.40. The van der Waals surface area contributed by atoms with E-state index in [4.69, 9.17) is 10.5 Å². The first kappa shape index (κ1) is 21.4.